The number of carbonyl (C=O) groups excluding carboxylic acids is 2. The molecule has 2 amide bonds. The highest BCUT2D eigenvalue weighted by atomic mass is 16.5. The molecule has 5 rings (SSSR count). The molecule has 1 aliphatic heterocycles. The van der Waals surface area contributed by atoms with Gasteiger partial charge in [-0.05, 0) is 37.5 Å². The van der Waals surface area contributed by atoms with Gasteiger partial charge in [-0.3, -0.25) is 9.59 Å². The van der Waals surface area contributed by atoms with Gasteiger partial charge in [-0.15, -0.1) is 0 Å². The number of pyridine rings is 1. The summed E-state index contributed by atoms with van der Waals surface area (Å²) in [5, 5.41) is 4.63. The lowest BCUT2D eigenvalue weighted by Crippen LogP contribution is -2.50. The van der Waals surface area contributed by atoms with Gasteiger partial charge >= 0.3 is 0 Å². The highest BCUT2D eigenvalue weighted by Crippen LogP contribution is 2.30. The number of fused-ring (bicyclic) bond motifs is 1. The molecule has 8 heteroatoms. The topological polar surface area (TPSA) is 92.7 Å². The highest BCUT2D eigenvalue weighted by molar-refractivity contribution is 6.07. The Morgan fingerprint density at radius 2 is 1.88 bits per heavy atom. The zero-order valence-corrected chi connectivity index (χ0v) is 18.4. The number of hydrogen-bond acceptors (Lipinski definition) is 6. The van der Waals surface area contributed by atoms with Crippen molar-refractivity contribution < 1.29 is 18.5 Å². The van der Waals surface area contributed by atoms with Gasteiger partial charge in [0.25, 0.3) is 11.6 Å². The minimum Gasteiger partial charge on any atom is -0.463 e. The van der Waals surface area contributed by atoms with Gasteiger partial charge in [0, 0.05) is 32.6 Å². The van der Waals surface area contributed by atoms with Crippen LogP contribution in [0.5, 0.6) is 0 Å². The molecular weight excluding hydrogens is 408 g/mol. The van der Waals surface area contributed by atoms with E-state index in [2.05, 4.69) is 10.1 Å². The third kappa shape index (κ3) is 4.01. The molecule has 2 aliphatic rings. The van der Waals surface area contributed by atoms with E-state index in [4.69, 9.17) is 8.94 Å². The molecule has 3 aromatic rings. The van der Waals surface area contributed by atoms with Gasteiger partial charge < -0.3 is 18.7 Å². The average molecular weight is 437 g/mol. The summed E-state index contributed by atoms with van der Waals surface area (Å²) in [6, 6.07) is 5.31. The molecule has 0 radical (unpaired) electrons. The van der Waals surface area contributed by atoms with Crippen LogP contribution in [-0.2, 0) is 4.79 Å². The molecule has 3 aromatic heterocycles. The summed E-state index contributed by atoms with van der Waals surface area (Å²) in [6.45, 7) is 3.96. The maximum absolute atomic E-state index is 13.5. The lowest BCUT2D eigenvalue weighted by molar-refractivity contribution is -0.133. The van der Waals surface area contributed by atoms with Crippen LogP contribution in [0.1, 0.15) is 54.6 Å². The second-order valence-corrected chi connectivity index (χ2v) is 8.84. The fourth-order valence-corrected chi connectivity index (χ4v) is 4.93. The standard InChI is InChI=1S/C24H28N4O4/c1-16-22-18(15-19(20-7-4-14-31-20)25-23(22)32-26-16)24(30)28-12-10-27(11-13-28)21(29)9-8-17-5-2-3-6-17/h4,7,14-15,17H,2-3,5-6,8-13H2,1H3. The summed E-state index contributed by atoms with van der Waals surface area (Å²) < 4.78 is 10.8. The number of carbonyl (C=O) groups is 2. The van der Waals surface area contributed by atoms with Crippen molar-refractivity contribution in [3.63, 3.8) is 0 Å². The minimum atomic E-state index is -0.102. The van der Waals surface area contributed by atoms with Crippen LogP contribution in [0.3, 0.4) is 0 Å². The first-order valence-electron chi connectivity index (χ1n) is 11.5. The van der Waals surface area contributed by atoms with Crippen LogP contribution < -0.4 is 0 Å². The predicted molar refractivity (Wildman–Crippen MR) is 118 cm³/mol. The van der Waals surface area contributed by atoms with Gasteiger partial charge in [-0.2, -0.15) is 0 Å². The number of aromatic nitrogens is 2. The van der Waals surface area contributed by atoms with E-state index >= 15 is 0 Å². The fraction of sp³-hybridized carbons (Fsp3) is 0.500. The summed E-state index contributed by atoms with van der Waals surface area (Å²) in [5.74, 6) is 1.39. The quantitative estimate of drug-likeness (QED) is 0.599. The summed E-state index contributed by atoms with van der Waals surface area (Å²) in [6.07, 6.45) is 8.31. The van der Waals surface area contributed by atoms with E-state index < -0.39 is 0 Å². The van der Waals surface area contributed by atoms with Crippen LogP contribution >= 0.6 is 0 Å². The number of piperazine rings is 1. The van der Waals surface area contributed by atoms with Crippen LogP contribution in [0.25, 0.3) is 22.6 Å². The van der Waals surface area contributed by atoms with Crippen LogP contribution in [-0.4, -0.2) is 57.9 Å². The highest BCUT2D eigenvalue weighted by Gasteiger charge is 2.28. The van der Waals surface area contributed by atoms with E-state index in [1.54, 1.807) is 36.3 Å². The molecule has 0 N–H and O–H groups in total. The number of rotatable bonds is 5. The molecule has 0 aromatic carbocycles. The summed E-state index contributed by atoms with van der Waals surface area (Å²) >= 11 is 0. The molecule has 4 heterocycles. The Morgan fingerprint density at radius 3 is 2.59 bits per heavy atom. The first kappa shape index (κ1) is 20.7. The van der Waals surface area contributed by atoms with E-state index in [1.807, 2.05) is 4.90 Å². The molecule has 1 aliphatic carbocycles. The molecule has 168 valence electrons. The lowest BCUT2D eigenvalue weighted by atomic mass is 10.0. The monoisotopic (exact) mass is 436 g/mol. The van der Waals surface area contributed by atoms with Crippen molar-refractivity contribution in [2.24, 2.45) is 5.92 Å². The Kier molecular flexibility index (Phi) is 5.68. The number of amides is 2. The second kappa shape index (κ2) is 8.76. The summed E-state index contributed by atoms with van der Waals surface area (Å²) in [4.78, 5) is 34.3. The first-order valence-corrected chi connectivity index (χ1v) is 11.5. The molecule has 2 fully saturated rings. The van der Waals surface area contributed by atoms with E-state index in [0.717, 1.165) is 6.42 Å². The Balaban J connectivity index is 1.29. The minimum absolute atomic E-state index is 0.102. The van der Waals surface area contributed by atoms with Crippen LogP contribution in [0.2, 0.25) is 0 Å². The predicted octanol–water partition coefficient (Wildman–Crippen LogP) is 4.05. The maximum Gasteiger partial charge on any atom is 0.259 e. The zero-order valence-electron chi connectivity index (χ0n) is 18.4. The molecule has 0 atom stereocenters. The van der Waals surface area contributed by atoms with E-state index in [1.165, 1.54) is 25.7 Å². The van der Waals surface area contributed by atoms with Crippen LogP contribution in [0.15, 0.2) is 33.4 Å². The molecule has 0 unspecified atom stereocenters. The SMILES string of the molecule is Cc1noc2nc(-c3ccco3)cc(C(=O)N3CCN(C(=O)CCC4CCCC4)CC3)c12. The maximum atomic E-state index is 13.5. The molecule has 1 saturated carbocycles. The summed E-state index contributed by atoms with van der Waals surface area (Å²) in [7, 11) is 0. The van der Waals surface area contributed by atoms with Crippen molar-refractivity contribution in [1.82, 2.24) is 19.9 Å². The summed E-state index contributed by atoms with van der Waals surface area (Å²) in [5.41, 5.74) is 1.98. The average Bonchev–Trinajstić information content (AvgIpc) is 3.59. The van der Waals surface area contributed by atoms with Crippen molar-refractivity contribution in [2.45, 2.75) is 45.4 Å². The number of aryl methyl sites for hydroxylation is 1. The van der Waals surface area contributed by atoms with Crippen molar-refractivity contribution in [3.8, 4) is 11.5 Å². The third-order valence-corrected chi connectivity index (χ3v) is 6.78. The van der Waals surface area contributed by atoms with Gasteiger partial charge in [-0.1, -0.05) is 30.8 Å². The molecule has 8 nitrogen and oxygen atoms in total. The smallest absolute Gasteiger partial charge is 0.259 e. The van der Waals surface area contributed by atoms with Crippen molar-refractivity contribution in [2.75, 3.05) is 26.2 Å². The molecule has 0 spiro atoms. The lowest BCUT2D eigenvalue weighted by Gasteiger charge is -2.35. The third-order valence-electron chi connectivity index (χ3n) is 6.78. The van der Waals surface area contributed by atoms with Gasteiger partial charge in [0.15, 0.2) is 5.76 Å². The van der Waals surface area contributed by atoms with E-state index in [0.29, 0.717) is 72.3 Å². The Hall–Kier alpha value is -3.16. The van der Waals surface area contributed by atoms with Crippen LogP contribution in [0, 0.1) is 12.8 Å². The molecular formula is C24H28N4O4. The number of furan rings is 1. The van der Waals surface area contributed by atoms with E-state index in [-0.39, 0.29) is 11.8 Å². The van der Waals surface area contributed by atoms with Gasteiger partial charge in [0.05, 0.1) is 22.9 Å². The zero-order chi connectivity index (χ0) is 22.1. The van der Waals surface area contributed by atoms with Gasteiger partial charge in [0.2, 0.25) is 5.91 Å². The largest absolute Gasteiger partial charge is 0.463 e. The van der Waals surface area contributed by atoms with Gasteiger partial charge in [-0.25, -0.2) is 4.98 Å². The normalized spacial score (nSPS) is 17.4. The fourth-order valence-electron chi connectivity index (χ4n) is 4.93. The number of hydrogen-bond donors (Lipinski definition) is 0. The molecule has 32 heavy (non-hydrogen) atoms. The Labute approximate surface area is 186 Å². The van der Waals surface area contributed by atoms with Crippen molar-refractivity contribution in [1.29, 1.82) is 0 Å². The molecule has 0 bridgehead atoms. The van der Waals surface area contributed by atoms with E-state index in [9.17, 15) is 9.59 Å². The van der Waals surface area contributed by atoms with Crippen molar-refractivity contribution in [3.05, 3.63) is 35.7 Å². The second-order valence-electron chi connectivity index (χ2n) is 8.84. The number of nitrogens with zero attached hydrogens (tertiary/aromatic N) is 4. The first-order chi connectivity index (χ1) is 15.6. The molecule has 1 saturated heterocycles. The van der Waals surface area contributed by atoms with Gasteiger partial charge in [0.1, 0.15) is 5.69 Å². The Bertz CT molecular complexity index is 1110. The van der Waals surface area contributed by atoms with Crippen LogP contribution in [0.4, 0.5) is 0 Å². The Morgan fingerprint density at radius 1 is 1.12 bits per heavy atom. The van der Waals surface area contributed by atoms with Crippen molar-refractivity contribution >= 4 is 22.9 Å².